The third kappa shape index (κ3) is 5.45. The molecular formula is C18H29N5O3. The zero-order chi connectivity index (χ0) is 18.4. The number of hydrogen-bond donors (Lipinski definition) is 2. The predicted molar refractivity (Wildman–Crippen MR) is 97.8 cm³/mol. The lowest BCUT2D eigenvalue weighted by molar-refractivity contribution is -0.122. The molecule has 2 heterocycles. The Balaban J connectivity index is 1.43. The van der Waals surface area contributed by atoms with Gasteiger partial charge in [0, 0.05) is 38.4 Å². The van der Waals surface area contributed by atoms with Gasteiger partial charge in [0.1, 0.15) is 6.54 Å². The molecule has 1 saturated heterocycles. The van der Waals surface area contributed by atoms with Crippen molar-refractivity contribution in [2.75, 3.05) is 32.1 Å². The van der Waals surface area contributed by atoms with Crippen LogP contribution in [0.3, 0.4) is 0 Å². The fourth-order valence-corrected chi connectivity index (χ4v) is 3.65. The van der Waals surface area contributed by atoms with E-state index in [1.54, 1.807) is 29.0 Å². The van der Waals surface area contributed by atoms with Gasteiger partial charge in [-0.1, -0.05) is 12.8 Å². The summed E-state index contributed by atoms with van der Waals surface area (Å²) in [5.41, 5.74) is 0.593. The van der Waals surface area contributed by atoms with E-state index in [0.29, 0.717) is 30.8 Å². The number of carbonyl (C=O) groups is 2. The van der Waals surface area contributed by atoms with Crippen molar-refractivity contribution in [1.29, 1.82) is 0 Å². The molecule has 1 saturated carbocycles. The Bertz CT molecular complexity index is 606. The van der Waals surface area contributed by atoms with Gasteiger partial charge in [0.05, 0.1) is 18.5 Å². The Morgan fingerprint density at radius 3 is 2.85 bits per heavy atom. The summed E-state index contributed by atoms with van der Waals surface area (Å²) in [5, 5.41) is 10.0. The number of urea groups is 1. The average Bonchev–Trinajstić information content (AvgIpc) is 3.28. The molecule has 0 bridgehead atoms. The molecule has 0 radical (unpaired) electrons. The molecule has 0 spiro atoms. The number of hydrogen-bond acceptors (Lipinski definition) is 4. The molecule has 0 aromatic carbocycles. The Hall–Kier alpha value is -2.09. The van der Waals surface area contributed by atoms with Crippen LogP contribution < -0.4 is 10.6 Å². The smallest absolute Gasteiger partial charge is 0.321 e. The molecular weight excluding hydrogens is 334 g/mol. The van der Waals surface area contributed by atoms with Gasteiger partial charge in [0.2, 0.25) is 5.91 Å². The number of anilines is 1. The summed E-state index contributed by atoms with van der Waals surface area (Å²) in [7, 11) is 1.78. The molecule has 8 heteroatoms. The fraction of sp³-hybridized carbons (Fsp3) is 0.722. The number of amides is 3. The van der Waals surface area contributed by atoms with E-state index in [1.165, 1.54) is 12.8 Å². The monoisotopic (exact) mass is 363 g/mol. The van der Waals surface area contributed by atoms with Crippen LogP contribution in [0.5, 0.6) is 0 Å². The van der Waals surface area contributed by atoms with Crippen LogP contribution in [0.2, 0.25) is 0 Å². The van der Waals surface area contributed by atoms with Crippen LogP contribution in [0.4, 0.5) is 10.5 Å². The summed E-state index contributed by atoms with van der Waals surface area (Å²) in [6, 6.07) is 0.125. The fourth-order valence-electron chi connectivity index (χ4n) is 3.65. The van der Waals surface area contributed by atoms with E-state index < -0.39 is 0 Å². The number of rotatable bonds is 6. The number of aromatic nitrogens is 2. The third-order valence-electron chi connectivity index (χ3n) is 5.04. The molecule has 3 rings (SSSR count). The normalized spacial score (nSPS) is 20.7. The minimum atomic E-state index is -0.175. The van der Waals surface area contributed by atoms with Crippen molar-refractivity contribution in [2.24, 2.45) is 5.92 Å². The lowest BCUT2D eigenvalue weighted by atomic mass is 10.0. The zero-order valence-corrected chi connectivity index (χ0v) is 15.4. The first kappa shape index (κ1) is 18.7. The van der Waals surface area contributed by atoms with Crippen molar-refractivity contribution in [2.45, 2.75) is 51.1 Å². The molecule has 1 atom stereocenters. The summed E-state index contributed by atoms with van der Waals surface area (Å²) in [6.07, 6.45) is 9.88. The van der Waals surface area contributed by atoms with Gasteiger partial charge in [-0.3, -0.25) is 9.48 Å². The maximum Gasteiger partial charge on any atom is 0.321 e. The Kier molecular flexibility index (Phi) is 6.49. The Labute approximate surface area is 154 Å². The second kappa shape index (κ2) is 9.02. The largest absolute Gasteiger partial charge is 0.381 e. The highest BCUT2D eigenvalue weighted by Crippen LogP contribution is 2.18. The van der Waals surface area contributed by atoms with Crippen LogP contribution in [0.15, 0.2) is 12.4 Å². The topological polar surface area (TPSA) is 88.5 Å². The van der Waals surface area contributed by atoms with Gasteiger partial charge in [-0.15, -0.1) is 0 Å². The van der Waals surface area contributed by atoms with Crippen molar-refractivity contribution >= 4 is 17.6 Å². The molecule has 3 amide bonds. The molecule has 1 aromatic rings. The summed E-state index contributed by atoms with van der Waals surface area (Å²) in [6.45, 7) is 2.37. The van der Waals surface area contributed by atoms with Crippen LogP contribution in [-0.2, 0) is 16.1 Å². The summed E-state index contributed by atoms with van der Waals surface area (Å²) >= 11 is 0. The Morgan fingerprint density at radius 1 is 1.31 bits per heavy atom. The number of carbonyl (C=O) groups excluding carboxylic acids is 2. The quantitative estimate of drug-likeness (QED) is 0.807. The maximum absolute atomic E-state index is 12.3. The first-order chi connectivity index (χ1) is 12.6. The maximum atomic E-state index is 12.3. The van der Waals surface area contributed by atoms with Gasteiger partial charge in [-0.2, -0.15) is 5.10 Å². The molecule has 2 aliphatic rings. The molecule has 2 N–H and O–H groups in total. The number of ether oxygens (including phenoxy) is 1. The van der Waals surface area contributed by atoms with Gasteiger partial charge in [-0.25, -0.2) is 4.79 Å². The minimum Gasteiger partial charge on any atom is -0.381 e. The predicted octanol–water partition coefficient (Wildman–Crippen LogP) is 1.83. The van der Waals surface area contributed by atoms with Crippen LogP contribution in [0.1, 0.15) is 38.5 Å². The van der Waals surface area contributed by atoms with Crippen LogP contribution in [0, 0.1) is 5.92 Å². The second-order valence-corrected chi connectivity index (χ2v) is 7.37. The standard InChI is InChI=1S/C18H29N5O3/c1-22(10-14-5-4-8-26-13-14)18(25)21-16-9-19-23(11-16)12-17(24)20-15-6-2-3-7-15/h9,11,14-15H,2-8,10,12-13H2,1H3,(H,20,24)(H,21,25). The van der Waals surface area contributed by atoms with Crippen LogP contribution in [-0.4, -0.2) is 59.5 Å². The summed E-state index contributed by atoms with van der Waals surface area (Å²) in [4.78, 5) is 26.0. The molecule has 1 aliphatic heterocycles. The van der Waals surface area contributed by atoms with E-state index in [2.05, 4.69) is 15.7 Å². The van der Waals surface area contributed by atoms with E-state index in [9.17, 15) is 9.59 Å². The SMILES string of the molecule is CN(CC1CCCOC1)C(=O)Nc1cnn(CC(=O)NC2CCCC2)c1. The molecule has 144 valence electrons. The highest BCUT2D eigenvalue weighted by atomic mass is 16.5. The summed E-state index contributed by atoms with van der Waals surface area (Å²) in [5.74, 6) is 0.355. The van der Waals surface area contributed by atoms with E-state index in [4.69, 9.17) is 4.74 Å². The van der Waals surface area contributed by atoms with Crippen molar-refractivity contribution in [3.05, 3.63) is 12.4 Å². The van der Waals surface area contributed by atoms with Gasteiger partial charge >= 0.3 is 6.03 Å². The van der Waals surface area contributed by atoms with Crippen LogP contribution in [0.25, 0.3) is 0 Å². The van der Waals surface area contributed by atoms with Crippen molar-refractivity contribution in [1.82, 2.24) is 20.0 Å². The molecule has 1 aromatic heterocycles. The molecule has 26 heavy (non-hydrogen) atoms. The lowest BCUT2D eigenvalue weighted by Gasteiger charge is -2.27. The van der Waals surface area contributed by atoms with E-state index in [0.717, 1.165) is 32.3 Å². The van der Waals surface area contributed by atoms with Crippen LogP contribution >= 0.6 is 0 Å². The average molecular weight is 363 g/mol. The molecule has 2 fully saturated rings. The first-order valence-electron chi connectivity index (χ1n) is 9.52. The van der Waals surface area contributed by atoms with Gasteiger partial charge in [0.25, 0.3) is 0 Å². The van der Waals surface area contributed by atoms with E-state index in [1.807, 2.05) is 0 Å². The van der Waals surface area contributed by atoms with Crippen molar-refractivity contribution in [3.63, 3.8) is 0 Å². The molecule has 8 nitrogen and oxygen atoms in total. The van der Waals surface area contributed by atoms with Gasteiger partial charge < -0.3 is 20.3 Å². The van der Waals surface area contributed by atoms with Gasteiger partial charge in [-0.05, 0) is 25.7 Å². The highest BCUT2D eigenvalue weighted by molar-refractivity contribution is 5.88. The third-order valence-corrected chi connectivity index (χ3v) is 5.04. The molecule has 1 aliphatic carbocycles. The number of nitrogens with zero attached hydrogens (tertiary/aromatic N) is 3. The van der Waals surface area contributed by atoms with Crippen molar-refractivity contribution in [3.8, 4) is 0 Å². The lowest BCUT2D eigenvalue weighted by Crippen LogP contribution is -2.37. The first-order valence-corrected chi connectivity index (χ1v) is 9.52. The highest BCUT2D eigenvalue weighted by Gasteiger charge is 2.20. The van der Waals surface area contributed by atoms with E-state index >= 15 is 0 Å². The summed E-state index contributed by atoms with van der Waals surface area (Å²) < 4.78 is 7.01. The Morgan fingerprint density at radius 2 is 2.12 bits per heavy atom. The van der Waals surface area contributed by atoms with Crippen molar-refractivity contribution < 1.29 is 14.3 Å². The number of nitrogens with one attached hydrogen (secondary N) is 2. The zero-order valence-electron chi connectivity index (χ0n) is 15.4. The second-order valence-electron chi connectivity index (χ2n) is 7.37. The van der Waals surface area contributed by atoms with Gasteiger partial charge in [0.15, 0.2) is 0 Å². The minimum absolute atomic E-state index is 0.0349. The van der Waals surface area contributed by atoms with E-state index in [-0.39, 0.29) is 18.5 Å². The molecule has 1 unspecified atom stereocenters.